The van der Waals surface area contributed by atoms with Crippen LogP contribution in [0.25, 0.3) is 0 Å². The van der Waals surface area contributed by atoms with Gasteiger partial charge in [0.15, 0.2) is 0 Å². The van der Waals surface area contributed by atoms with Crippen LogP contribution in [0.3, 0.4) is 0 Å². The minimum atomic E-state index is -0.668. The van der Waals surface area contributed by atoms with E-state index < -0.39 is 17.7 Å². The third-order valence-corrected chi connectivity index (χ3v) is 6.20. The Morgan fingerprint density at radius 1 is 0.683 bits per heavy atom. The van der Waals surface area contributed by atoms with E-state index >= 15 is 0 Å². The number of carbonyl (C=O) groups is 2. The largest absolute Gasteiger partial charge is 0.349 e. The molecular formula is C32H27N7O2. The number of rotatable bonds is 9. The van der Waals surface area contributed by atoms with Gasteiger partial charge in [-0.2, -0.15) is 10.2 Å². The molecule has 2 N–H and O–H groups in total. The lowest BCUT2D eigenvalue weighted by Crippen LogP contribution is -2.34. The van der Waals surface area contributed by atoms with Crippen molar-refractivity contribution in [2.75, 3.05) is 0 Å². The van der Waals surface area contributed by atoms with E-state index in [0.717, 1.165) is 11.1 Å². The first-order valence-electron chi connectivity index (χ1n) is 12.9. The summed E-state index contributed by atoms with van der Waals surface area (Å²) in [7, 11) is 0. The van der Waals surface area contributed by atoms with Crippen molar-refractivity contribution in [2.45, 2.75) is 12.5 Å². The smallest absolute Gasteiger partial charge is 0.269 e. The van der Waals surface area contributed by atoms with E-state index in [4.69, 9.17) is 0 Å². The fourth-order valence-corrected chi connectivity index (χ4v) is 4.33. The van der Waals surface area contributed by atoms with E-state index in [1.54, 1.807) is 49.1 Å². The minimum absolute atomic E-state index is 0.353. The van der Waals surface area contributed by atoms with Crippen LogP contribution >= 0.6 is 0 Å². The second-order valence-corrected chi connectivity index (χ2v) is 9.08. The molecule has 0 bridgehead atoms. The first kappa shape index (κ1) is 26.9. The summed E-state index contributed by atoms with van der Waals surface area (Å²) in [5.74, 6) is -1.56. The highest BCUT2D eigenvalue weighted by Crippen LogP contribution is 2.36. The predicted molar refractivity (Wildman–Crippen MR) is 157 cm³/mol. The van der Waals surface area contributed by atoms with Gasteiger partial charge in [-0.15, -0.1) is 0 Å². The molecule has 9 nitrogen and oxygen atoms in total. The number of nitrogens with one attached hydrogen (secondary N) is 2. The molecule has 0 fully saturated rings. The summed E-state index contributed by atoms with van der Waals surface area (Å²) in [6, 6.07) is 30.0. The van der Waals surface area contributed by atoms with Crippen molar-refractivity contribution in [1.29, 1.82) is 0 Å². The molecule has 2 amide bonds. The summed E-state index contributed by atoms with van der Waals surface area (Å²) >= 11 is 0. The Hall–Kier alpha value is -5.70. The quantitative estimate of drug-likeness (QED) is 0.244. The maximum Gasteiger partial charge on any atom is 0.269 e. The van der Waals surface area contributed by atoms with Gasteiger partial charge in [0.2, 0.25) is 0 Å². The van der Waals surface area contributed by atoms with Gasteiger partial charge in [-0.3, -0.25) is 19.6 Å². The van der Waals surface area contributed by atoms with Crippen molar-refractivity contribution in [2.24, 2.45) is 10.2 Å². The van der Waals surface area contributed by atoms with Gasteiger partial charge >= 0.3 is 0 Å². The Morgan fingerprint density at radius 2 is 1.17 bits per heavy atom. The summed E-state index contributed by atoms with van der Waals surface area (Å²) in [5.41, 5.74) is 8.91. The van der Waals surface area contributed by atoms with Crippen LogP contribution in [0.5, 0.6) is 0 Å². The highest BCUT2D eigenvalue weighted by atomic mass is 16.2. The van der Waals surface area contributed by atoms with Gasteiger partial charge in [-0.05, 0) is 35.4 Å². The van der Waals surface area contributed by atoms with Crippen LogP contribution in [0.4, 0.5) is 0 Å². The van der Waals surface area contributed by atoms with Gasteiger partial charge in [0.05, 0.1) is 23.8 Å². The molecule has 0 atom stereocenters. The Labute approximate surface area is 237 Å². The zero-order chi connectivity index (χ0) is 28.3. The zero-order valence-corrected chi connectivity index (χ0v) is 22.0. The van der Waals surface area contributed by atoms with Gasteiger partial charge in [-0.25, -0.2) is 10.9 Å². The standard InChI is InChI=1S/C32H27N7O2/c40-31(37-35-19-26-15-7-9-17-33-26)28-22-39(21-24-11-3-1-4-12-24)23-29(30(28)25-13-5-2-6-14-25)32(41)38-36-20-27-16-8-10-18-34-27/h1-20,22-23,30H,21H2,(H,37,40)(H,38,41)/b35-19+,36-20+. The number of carbonyl (C=O) groups excluding carboxylic acids is 2. The predicted octanol–water partition coefficient (Wildman–Crippen LogP) is 4.14. The molecule has 0 saturated carbocycles. The van der Waals surface area contributed by atoms with Crippen LogP contribution < -0.4 is 10.9 Å². The number of nitrogens with zero attached hydrogens (tertiary/aromatic N) is 5. The molecular weight excluding hydrogens is 514 g/mol. The summed E-state index contributed by atoms with van der Waals surface area (Å²) in [4.78, 5) is 37.4. The lowest BCUT2D eigenvalue weighted by Gasteiger charge is -2.30. The fourth-order valence-electron chi connectivity index (χ4n) is 4.33. The number of amides is 2. The molecule has 9 heteroatoms. The SMILES string of the molecule is O=C(N/N=C/c1ccccn1)C1=CN(Cc2ccccc2)C=C(C(=O)N/N=C/c2ccccn2)C1c1ccccc1. The van der Waals surface area contributed by atoms with E-state index in [9.17, 15) is 9.59 Å². The van der Waals surface area contributed by atoms with Gasteiger partial charge in [0.1, 0.15) is 0 Å². The van der Waals surface area contributed by atoms with E-state index in [0.29, 0.717) is 29.1 Å². The highest BCUT2D eigenvalue weighted by Gasteiger charge is 2.34. The molecule has 41 heavy (non-hydrogen) atoms. The molecule has 0 spiro atoms. The summed E-state index contributed by atoms with van der Waals surface area (Å²) in [5, 5.41) is 8.22. The number of benzene rings is 2. The van der Waals surface area contributed by atoms with E-state index in [-0.39, 0.29) is 0 Å². The maximum absolute atomic E-state index is 13.6. The first-order chi connectivity index (χ1) is 20.2. The van der Waals surface area contributed by atoms with Gasteiger partial charge in [0.25, 0.3) is 11.8 Å². The van der Waals surface area contributed by atoms with Crippen molar-refractivity contribution in [3.8, 4) is 0 Å². The lowest BCUT2D eigenvalue weighted by molar-refractivity contribution is -0.118. The van der Waals surface area contributed by atoms with Crippen LogP contribution in [0.2, 0.25) is 0 Å². The Morgan fingerprint density at radius 3 is 1.66 bits per heavy atom. The average molecular weight is 542 g/mol. The molecule has 2 aromatic heterocycles. The lowest BCUT2D eigenvalue weighted by atomic mass is 9.82. The van der Waals surface area contributed by atoms with Gasteiger partial charge in [-0.1, -0.05) is 72.8 Å². The van der Waals surface area contributed by atoms with Gasteiger partial charge in [0, 0.05) is 48.4 Å². The van der Waals surface area contributed by atoms with Crippen LogP contribution in [-0.2, 0) is 16.1 Å². The molecule has 202 valence electrons. The topological polar surface area (TPSA) is 112 Å². The van der Waals surface area contributed by atoms with Crippen molar-refractivity contribution in [3.05, 3.63) is 156 Å². The van der Waals surface area contributed by atoms with Crippen LogP contribution in [0.1, 0.15) is 28.4 Å². The van der Waals surface area contributed by atoms with Crippen molar-refractivity contribution in [3.63, 3.8) is 0 Å². The van der Waals surface area contributed by atoms with E-state index in [1.807, 2.05) is 77.7 Å². The van der Waals surface area contributed by atoms with Crippen LogP contribution in [0.15, 0.2) is 143 Å². The second-order valence-electron chi connectivity index (χ2n) is 9.08. The Bertz CT molecular complexity index is 1510. The molecule has 3 heterocycles. The third kappa shape index (κ3) is 7.24. The molecule has 4 aromatic rings. The normalized spacial score (nSPS) is 13.6. The number of hydrogen-bond donors (Lipinski definition) is 2. The Balaban J connectivity index is 1.47. The minimum Gasteiger partial charge on any atom is -0.349 e. The molecule has 2 aromatic carbocycles. The van der Waals surface area contributed by atoms with Gasteiger partial charge < -0.3 is 4.90 Å². The number of aromatic nitrogens is 2. The molecule has 5 rings (SSSR count). The highest BCUT2D eigenvalue weighted by molar-refractivity contribution is 6.03. The molecule has 1 aliphatic rings. The summed E-state index contributed by atoms with van der Waals surface area (Å²) in [6.45, 7) is 0.449. The number of hydrogen-bond acceptors (Lipinski definition) is 7. The van der Waals surface area contributed by atoms with E-state index in [1.165, 1.54) is 12.4 Å². The summed E-state index contributed by atoms with van der Waals surface area (Å²) in [6.07, 6.45) is 9.73. The monoisotopic (exact) mass is 541 g/mol. The molecule has 1 aliphatic heterocycles. The average Bonchev–Trinajstić information content (AvgIpc) is 3.02. The first-order valence-corrected chi connectivity index (χ1v) is 12.9. The number of pyridine rings is 2. The second kappa shape index (κ2) is 13.4. The van der Waals surface area contributed by atoms with Crippen molar-refractivity contribution < 1.29 is 9.59 Å². The molecule has 0 unspecified atom stereocenters. The third-order valence-electron chi connectivity index (χ3n) is 6.20. The van der Waals surface area contributed by atoms with Crippen LogP contribution in [-0.4, -0.2) is 39.1 Å². The Kier molecular flexibility index (Phi) is 8.78. The molecule has 0 radical (unpaired) electrons. The summed E-state index contributed by atoms with van der Waals surface area (Å²) < 4.78 is 0. The maximum atomic E-state index is 13.6. The fraction of sp³-hybridized carbons (Fsp3) is 0.0625. The number of hydrazone groups is 2. The van der Waals surface area contributed by atoms with E-state index in [2.05, 4.69) is 31.0 Å². The van der Waals surface area contributed by atoms with Crippen molar-refractivity contribution in [1.82, 2.24) is 25.7 Å². The molecule has 0 saturated heterocycles. The molecule has 0 aliphatic carbocycles. The zero-order valence-electron chi connectivity index (χ0n) is 22.0. The van der Waals surface area contributed by atoms with Crippen LogP contribution in [0, 0.1) is 0 Å². The van der Waals surface area contributed by atoms with Crippen molar-refractivity contribution >= 4 is 24.2 Å².